The molecule has 0 saturated heterocycles. The van der Waals surface area contributed by atoms with Crippen LogP contribution in [0.15, 0.2) is 24.3 Å². The monoisotopic (exact) mass is 373 g/mol. The van der Waals surface area contributed by atoms with Gasteiger partial charge in [-0.1, -0.05) is 26.0 Å². The number of benzene rings is 1. The van der Waals surface area contributed by atoms with E-state index in [2.05, 4.69) is 10.4 Å². The van der Waals surface area contributed by atoms with Gasteiger partial charge in [0.1, 0.15) is 17.5 Å². The number of hydrogen-bond acceptors (Lipinski definition) is 4. The average molecular weight is 373 g/mol. The molecular weight excluding hydrogens is 349 g/mol. The normalized spacial score (nSPS) is 14.1. The number of ether oxygens (including phenoxy) is 1. The molecule has 144 valence electrons. The van der Waals surface area contributed by atoms with Crippen molar-refractivity contribution in [1.82, 2.24) is 15.1 Å². The Labute approximate surface area is 157 Å². The zero-order chi connectivity index (χ0) is 19.6. The van der Waals surface area contributed by atoms with Crippen molar-refractivity contribution in [2.24, 2.45) is 5.92 Å². The number of methoxy groups -OCH3 is 1. The Balaban J connectivity index is 1.93. The summed E-state index contributed by atoms with van der Waals surface area (Å²) < 4.78 is 20.6. The quantitative estimate of drug-likeness (QED) is 0.791. The highest BCUT2D eigenvalue weighted by molar-refractivity contribution is 5.96. The summed E-state index contributed by atoms with van der Waals surface area (Å²) in [6.45, 7) is 3.93. The van der Waals surface area contributed by atoms with Gasteiger partial charge < -0.3 is 10.1 Å². The maximum atomic E-state index is 14.2. The fraction of sp³-hybridized carbons (Fsp3) is 0.450. The highest BCUT2D eigenvalue weighted by atomic mass is 19.1. The van der Waals surface area contributed by atoms with Crippen molar-refractivity contribution in [2.45, 2.75) is 45.6 Å². The molecule has 0 bridgehead atoms. The van der Waals surface area contributed by atoms with Gasteiger partial charge >= 0.3 is 5.97 Å². The van der Waals surface area contributed by atoms with Crippen LogP contribution in [-0.4, -0.2) is 34.8 Å². The third-order valence-corrected chi connectivity index (χ3v) is 4.72. The number of para-hydroxylation sites is 1. The number of nitrogens with zero attached hydrogens (tertiary/aromatic N) is 2. The summed E-state index contributed by atoms with van der Waals surface area (Å²) in [7, 11) is 1.30. The minimum atomic E-state index is -0.738. The Hall–Kier alpha value is -2.70. The summed E-state index contributed by atoms with van der Waals surface area (Å²) in [6.07, 6.45) is 2.79. The Morgan fingerprint density at radius 1 is 1.30 bits per heavy atom. The molecule has 1 aliphatic rings. The summed E-state index contributed by atoms with van der Waals surface area (Å²) in [4.78, 5) is 24.9. The van der Waals surface area contributed by atoms with Gasteiger partial charge in [-0.3, -0.25) is 4.79 Å². The zero-order valence-electron chi connectivity index (χ0n) is 15.8. The zero-order valence-corrected chi connectivity index (χ0v) is 15.8. The number of carbonyl (C=O) groups is 2. The number of carbonyl (C=O) groups excluding carboxylic acids is 2. The molecule has 0 spiro atoms. The van der Waals surface area contributed by atoms with E-state index in [0.29, 0.717) is 18.5 Å². The SMILES string of the molecule is COC(=O)C(CC(C)C)NC(=O)c1nn(-c2ccccc2F)c2c1CCC2. The lowest BCUT2D eigenvalue weighted by atomic mass is 10.0. The Morgan fingerprint density at radius 2 is 2.04 bits per heavy atom. The van der Waals surface area contributed by atoms with E-state index < -0.39 is 23.7 Å². The summed E-state index contributed by atoms with van der Waals surface area (Å²) in [5.41, 5.74) is 2.25. The Kier molecular flexibility index (Phi) is 5.58. The van der Waals surface area contributed by atoms with Gasteiger partial charge in [0.25, 0.3) is 5.91 Å². The second kappa shape index (κ2) is 7.90. The van der Waals surface area contributed by atoms with Crippen LogP contribution in [0.4, 0.5) is 4.39 Å². The Bertz CT molecular complexity index is 860. The predicted molar refractivity (Wildman–Crippen MR) is 98.3 cm³/mol. The molecule has 3 rings (SSSR count). The van der Waals surface area contributed by atoms with Crippen LogP contribution >= 0.6 is 0 Å². The number of esters is 1. The van der Waals surface area contributed by atoms with Gasteiger partial charge in [0.15, 0.2) is 5.69 Å². The third-order valence-electron chi connectivity index (χ3n) is 4.72. The van der Waals surface area contributed by atoms with Gasteiger partial charge in [-0.05, 0) is 43.7 Å². The molecule has 1 atom stereocenters. The van der Waals surface area contributed by atoms with Crippen molar-refractivity contribution in [3.05, 3.63) is 47.0 Å². The lowest BCUT2D eigenvalue weighted by molar-refractivity contribution is -0.143. The van der Waals surface area contributed by atoms with Crippen LogP contribution in [0.5, 0.6) is 0 Å². The largest absolute Gasteiger partial charge is 0.467 e. The standard InChI is InChI=1S/C20H24FN3O3/c1-12(2)11-15(20(26)27-3)22-19(25)18-13-7-6-10-16(13)24(23-18)17-9-5-4-8-14(17)21/h4-5,8-9,12,15H,6-7,10-11H2,1-3H3,(H,22,25). The lowest BCUT2D eigenvalue weighted by Gasteiger charge is -2.18. The molecule has 2 aromatic rings. The maximum absolute atomic E-state index is 14.2. The Morgan fingerprint density at radius 3 is 2.70 bits per heavy atom. The van der Waals surface area contributed by atoms with Crippen molar-refractivity contribution in [2.75, 3.05) is 7.11 Å². The molecular formula is C20H24FN3O3. The first-order valence-corrected chi connectivity index (χ1v) is 9.16. The predicted octanol–water partition coefficient (Wildman–Crippen LogP) is 2.82. The molecule has 1 aromatic heterocycles. The second-order valence-electron chi connectivity index (χ2n) is 7.17. The van der Waals surface area contributed by atoms with Crippen molar-refractivity contribution in [1.29, 1.82) is 0 Å². The summed E-state index contributed by atoms with van der Waals surface area (Å²) in [6, 6.07) is 5.62. The minimum Gasteiger partial charge on any atom is -0.467 e. The molecule has 0 fully saturated rings. The smallest absolute Gasteiger partial charge is 0.328 e. The van der Waals surface area contributed by atoms with E-state index in [1.54, 1.807) is 18.2 Å². The number of aromatic nitrogens is 2. The number of rotatable bonds is 6. The molecule has 6 nitrogen and oxygen atoms in total. The van der Waals surface area contributed by atoms with Gasteiger partial charge in [-0.15, -0.1) is 0 Å². The van der Waals surface area contributed by atoms with Crippen LogP contribution in [0.3, 0.4) is 0 Å². The molecule has 1 unspecified atom stereocenters. The number of halogens is 1. The number of fused-ring (bicyclic) bond motifs is 1. The molecule has 0 aliphatic heterocycles. The molecule has 0 saturated carbocycles. The highest BCUT2D eigenvalue weighted by Gasteiger charge is 2.30. The van der Waals surface area contributed by atoms with Gasteiger partial charge in [-0.2, -0.15) is 5.10 Å². The first-order valence-electron chi connectivity index (χ1n) is 9.16. The van der Waals surface area contributed by atoms with Crippen molar-refractivity contribution < 1.29 is 18.7 Å². The third kappa shape index (κ3) is 3.86. The van der Waals surface area contributed by atoms with Crippen LogP contribution in [0.1, 0.15) is 48.4 Å². The van der Waals surface area contributed by atoms with E-state index in [9.17, 15) is 14.0 Å². The van der Waals surface area contributed by atoms with Crippen LogP contribution in [0.2, 0.25) is 0 Å². The van der Waals surface area contributed by atoms with E-state index in [-0.39, 0.29) is 11.6 Å². The average Bonchev–Trinajstić information content (AvgIpc) is 3.23. The molecule has 1 heterocycles. The van der Waals surface area contributed by atoms with Gasteiger partial charge in [0.05, 0.1) is 7.11 Å². The first-order chi connectivity index (χ1) is 12.9. The van der Waals surface area contributed by atoms with E-state index in [1.165, 1.54) is 17.9 Å². The van der Waals surface area contributed by atoms with Crippen LogP contribution in [0, 0.1) is 11.7 Å². The summed E-state index contributed by atoms with van der Waals surface area (Å²) in [5, 5.41) is 7.13. The maximum Gasteiger partial charge on any atom is 0.328 e. The molecule has 1 aromatic carbocycles. The van der Waals surface area contributed by atoms with Crippen molar-refractivity contribution in [3.63, 3.8) is 0 Å². The van der Waals surface area contributed by atoms with E-state index >= 15 is 0 Å². The number of hydrogen-bond donors (Lipinski definition) is 1. The molecule has 1 aliphatic carbocycles. The van der Waals surface area contributed by atoms with Gasteiger partial charge in [0, 0.05) is 11.3 Å². The van der Waals surface area contributed by atoms with Crippen LogP contribution in [-0.2, 0) is 22.4 Å². The molecule has 27 heavy (non-hydrogen) atoms. The number of nitrogens with one attached hydrogen (secondary N) is 1. The first kappa shape index (κ1) is 19.1. The number of amides is 1. The van der Waals surface area contributed by atoms with E-state index in [1.807, 2.05) is 13.8 Å². The van der Waals surface area contributed by atoms with Gasteiger partial charge in [-0.25, -0.2) is 13.9 Å². The van der Waals surface area contributed by atoms with Crippen molar-refractivity contribution in [3.8, 4) is 5.69 Å². The van der Waals surface area contributed by atoms with Gasteiger partial charge in [0.2, 0.25) is 0 Å². The summed E-state index contributed by atoms with van der Waals surface area (Å²) >= 11 is 0. The highest BCUT2D eigenvalue weighted by Crippen LogP contribution is 2.28. The van der Waals surface area contributed by atoms with Crippen LogP contribution in [0.25, 0.3) is 5.69 Å². The fourth-order valence-corrected chi connectivity index (χ4v) is 3.50. The molecule has 1 N–H and O–H groups in total. The second-order valence-corrected chi connectivity index (χ2v) is 7.17. The van der Waals surface area contributed by atoms with Crippen LogP contribution < -0.4 is 5.32 Å². The molecule has 0 radical (unpaired) electrons. The van der Waals surface area contributed by atoms with E-state index in [4.69, 9.17) is 4.74 Å². The van der Waals surface area contributed by atoms with E-state index in [0.717, 1.165) is 24.1 Å². The molecule has 1 amide bonds. The topological polar surface area (TPSA) is 73.2 Å². The molecule has 7 heteroatoms. The summed E-state index contributed by atoms with van der Waals surface area (Å²) in [5.74, 6) is -1.11. The lowest BCUT2D eigenvalue weighted by Crippen LogP contribution is -2.42. The minimum absolute atomic E-state index is 0.205. The van der Waals surface area contributed by atoms with Crippen molar-refractivity contribution >= 4 is 11.9 Å². The fourth-order valence-electron chi connectivity index (χ4n) is 3.50.